The SMILES string of the molecule is C/C=C\C(=C/C)CC(O)CO. The van der Waals surface area contributed by atoms with Crippen LogP contribution in [0.4, 0.5) is 0 Å². The second-order valence-electron chi connectivity index (χ2n) is 2.40. The maximum absolute atomic E-state index is 9.06. The van der Waals surface area contributed by atoms with Crippen molar-refractivity contribution in [2.75, 3.05) is 6.61 Å². The summed E-state index contributed by atoms with van der Waals surface area (Å²) in [6.45, 7) is 3.67. The van der Waals surface area contributed by atoms with E-state index in [1.54, 1.807) is 0 Å². The van der Waals surface area contributed by atoms with E-state index in [1.807, 2.05) is 32.1 Å². The van der Waals surface area contributed by atoms with Crippen LogP contribution in [0.1, 0.15) is 20.3 Å². The molecule has 0 aromatic heterocycles. The molecule has 0 aliphatic rings. The molecule has 0 saturated heterocycles. The predicted molar refractivity (Wildman–Crippen MR) is 46.3 cm³/mol. The van der Waals surface area contributed by atoms with Crippen molar-refractivity contribution in [2.24, 2.45) is 0 Å². The van der Waals surface area contributed by atoms with Gasteiger partial charge in [0, 0.05) is 6.42 Å². The van der Waals surface area contributed by atoms with Crippen LogP contribution in [0.25, 0.3) is 0 Å². The van der Waals surface area contributed by atoms with E-state index in [9.17, 15) is 0 Å². The molecule has 0 amide bonds. The van der Waals surface area contributed by atoms with Gasteiger partial charge in [0.05, 0.1) is 12.7 Å². The average molecular weight is 156 g/mol. The highest BCUT2D eigenvalue weighted by Gasteiger charge is 2.02. The van der Waals surface area contributed by atoms with Gasteiger partial charge in [-0.3, -0.25) is 0 Å². The van der Waals surface area contributed by atoms with E-state index in [-0.39, 0.29) is 6.61 Å². The third-order valence-electron chi connectivity index (χ3n) is 1.43. The highest BCUT2D eigenvalue weighted by atomic mass is 16.3. The van der Waals surface area contributed by atoms with E-state index in [0.717, 1.165) is 5.57 Å². The summed E-state index contributed by atoms with van der Waals surface area (Å²) in [6.07, 6.45) is 5.67. The van der Waals surface area contributed by atoms with E-state index in [1.165, 1.54) is 0 Å². The Labute approximate surface area is 67.9 Å². The van der Waals surface area contributed by atoms with E-state index in [4.69, 9.17) is 10.2 Å². The van der Waals surface area contributed by atoms with Crippen LogP contribution in [-0.2, 0) is 0 Å². The monoisotopic (exact) mass is 156 g/mol. The van der Waals surface area contributed by atoms with Gasteiger partial charge in [-0.25, -0.2) is 0 Å². The molecular formula is C9H16O2. The number of hydrogen-bond donors (Lipinski definition) is 2. The number of allylic oxidation sites excluding steroid dienone is 3. The van der Waals surface area contributed by atoms with Crippen molar-refractivity contribution < 1.29 is 10.2 Å². The summed E-state index contributed by atoms with van der Waals surface area (Å²) in [7, 11) is 0. The van der Waals surface area contributed by atoms with E-state index >= 15 is 0 Å². The van der Waals surface area contributed by atoms with Gasteiger partial charge < -0.3 is 10.2 Å². The molecule has 0 aliphatic heterocycles. The average Bonchev–Trinajstić information content (AvgIpc) is 2.03. The third kappa shape index (κ3) is 4.76. The Morgan fingerprint density at radius 1 is 1.45 bits per heavy atom. The molecular weight excluding hydrogens is 140 g/mol. The summed E-state index contributed by atoms with van der Waals surface area (Å²) in [5, 5.41) is 17.6. The van der Waals surface area contributed by atoms with Gasteiger partial charge in [0.1, 0.15) is 0 Å². The second-order valence-corrected chi connectivity index (χ2v) is 2.40. The normalized spacial score (nSPS) is 15.8. The molecule has 0 bridgehead atoms. The van der Waals surface area contributed by atoms with Crippen LogP contribution in [-0.4, -0.2) is 22.9 Å². The molecule has 0 heterocycles. The molecule has 0 aromatic rings. The molecule has 0 aromatic carbocycles. The summed E-state index contributed by atoms with van der Waals surface area (Å²) >= 11 is 0. The lowest BCUT2D eigenvalue weighted by Gasteiger charge is -2.06. The molecule has 0 saturated carbocycles. The van der Waals surface area contributed by atoms with Gasteiger partial charge in [0.15, 0.2) is 0 Å². The molecule has 0 radical (unpaired) electrons. The Balaban J connectivity index is 3.89. The lowest BCUT2D eigenvalue weighted by Crippen LogP contribution is -2.11. The quantitative estimate of drug-likeness (QED) is 0.601. The Hall–Kier alpha value is -0.600. The van der Waals surface area contributed by atoms with Crippen LogP contribution in [0.5, 0.6) is 0 Å². The predicted octanol–water partition coefficient (Wildman–Crippen LogP) is 1.25. The minimum Gasteiger partial charge on any atom is -0.394 e. The molecule has 0 rings (SSSR count). The third-order valence-corrected chi connectivity index (χ3v) is 1.43. The van der Waals surface area contributed by atoms with Crippen molar-refractivity contribution in [3.8, 4) is 0 Å². The van der Waals surface area contributed by atoms with Crippen LogP contribution in [0.3, 0.4) is 0 Å². The second kappa shape index (κ2) is 6.13. The molecule has 2 nitrogen and oxygen atoms in total. The zero-order chi connectivity index (χ0) is 8.69. The van der Waals surface area contributed by atoms with Gasteiger partial charge in [-0.2, -0.15) is 0 Å². The fraction of sp³-hybridized carbons (Fsp3) is 0.556. The van der Waals surface area contributed by atoms with Crippen molar-refractivity contribution in [3.05, 3.63) is 23.8 Å². The highest BCUT2D eigenvalue weighted by Crippen LogP contribution is 2.06. The number of aliphatic hydroxyl groups excluding tert-OH is 2. The first-order valence-corrected chi connectivity index (χ1v) is 3.81. The van der Waals surface area contributed by atoms with Crippen molar-refractivity contribution in [1.29, 1.82) is 0 Å². The Bertz CT molecular complexity index is 148. The van der Waals surface area contributed by atoms with Crippen LogP contribution < -0.4 is 0 Å². The van der Waals surface area contributed by atoms with Crippen LogP contribution in [0, 0.1) is 0 Å². The van der Waals surface area contributed by atoms with Crippen molar-refractivity contribution in [1.82, 2.24) is 0 Å². The standard InChI is InChI=1S/C9H16O2/c1-3-5-8(4-2)6-9(11)7-10/h3-5,9-11H,6-7H2,1-2H3/b5-3-,8-4+. The smallest absolute Gasteiger partial charge is 0.0811 e. The summed E-state index contributed by atoms with van der Waals surface area (Å²) in [4.78, 5) is 0. The number of hydrogen-bond acceptors (Lipinski definition) is 2. The Kier molecular flexibility index (Phi) is 5.80. The first-order valence-electron chi connectivity index (χ1n) is 3.81. The first kappa shape index (κ1) is 10.4. The molecule has 11 heavy (non-hydrogen) atoms. The molecule has 0 spiro atoms. The fourth-order valence-corrected chi connectivity index (χ4v) is 0.833. The molecule has 2 heteroatoms. The lowest BCUT2D eigenvalue weighted by molar-refractivity contribution is 0.0961. The Morgan fingerprint density at radius 2 is 2.09 bits per heavy atom. The molecule has 64 valence electrons. The Morgan fingerprint density at radius 3 is 2.45 bits per heavy atom. The van der Waals surface area contributed by atoms with Crippen LogP contribution >= 0.6 is 0 Å². The summed E-state index contributed by atoms with van der Waals surface area (Å²) in [5.74, 6) is 0. The first-order chi connectivity index (χ1) is 5.24. The highest BCUT2D eigenvalue weighted by molar-refractivity contribution is 5.17. The largest absolute Gasteiger partial charge is 0.394 e. The van der Waals surface area contributed by atoms with Crippen molar-refractivity contribution in [3.63, 3.8) is 0 Å². The molecule has 0 aliphatic carbocycles. The van der Waals surface area contributed by atoms with E-state index in [0.29, 0.717) is 6.42 Å². The van der Waals surface area contributed by atoms with Crippen LogP contribution in [0.2, 0.25) is 0 Å². The zero-order valence-corrected chi connectivity index (χ0v) is 7.12. The van der Waals surface area contributed by atoms with Gasteiger partial charge in [-0.05, 0) is 19.4 Å². The van der Waals surface area contributed by atoms with Crippen molar-refractivity contribution in [2.45, 2.75) is 26.4 Å². The number of rotatable bonds is 4. The maximum Gasteiger partial charge on any atom is 0.0811 e. The number of aliphatic hydroxyl groups is 2. The lowest BCUT2D eigenvalue weighted by atomic mass is 10.1. The molecule has 2 N–H and O–H groups in total. The minimum absolute atomic E-state index is 0.172. The molecule has 1 atom stereocenters. The topological polar surface area (TPSA) is 40.5 Å². The van der Waals surface area contributed by atoms with E-state index in [2.05, 4.69) is 0 Å². The minimum atomic E-state index is -0.627. The van der Waals surface area contributed by atoms with Crippen LogP contribution in [0.15, 0.2) is 23.8 Å². The molecule has 1 unspecified atom stereocenters. The van der Waals surface area contributed by atoms with Gasteiger partial charge in [-0.15, -0.1) is 0 Å². The van der Waals surface area contributed by atoms with Gasteiger partial charge in [-0.1, -0.05) is 18.2 Å². The summed E-state index contributed by atoms with van der Waals surface area (Å²) < 4.78 is 0. The maximum atomic E-state index is 9.06. The molecule has 0 fully saturated rings. The van der Waals surface area contributed by atoms with Gasteiger partial charge in [0.25, 0.3) is 0 Å². The zero-order valence-electron chi connectivity index (χ0n) is 7.12. The summed E-state index contributed by atoms with van der Waals surface area (Å²) in [5.41, 5.74) is 1.05. The fourth-order valence-electron chi connectivity index (χ4n) is 0.833. The van der Waals surface area contributed by atoms with Gasteiger partial charge in [0.2, 0.25) is 0 Å². The summed E-state index contributed by atoms with van der Waals surface area (Å²) in [6, 6.07) is 0. The van der Waals surface area contributed by atoms with E-state index < -0.39 is 6.10 Å². The van der Waals surface area contributed by atoms with Crippen molar-refractivity contribution >= 4 is 0 Å². The van der Waals surface area contributed by atoms with Gasteiger partial charge >= 0.3 is 0 Å².